The van der Waals surface area contributed by atoms with Crippen molar-refractivity contribution in [1.29, 1.82) is 0 Å². The lowest BCUT2D eigenvalue weighted by Gasteiger charge is -2.27. The number of amides is 1. The van der Waals surface area contributed by atoms with E-state index < -0.39 is 0 Å². The average molecular weight is 665 g/mol. The van der Waals surface area contributed by atoms with E-state index in [4.69, 9.17) is 9.47 Å². The Labute approximate surface area is 291 Å². The molecule has 1 aliphatic rings. The molecule has 3 aromatic carbocycles. The van der Waals surface area contributed by atoms with Gasteiger partial charge in [0.15, 0.2) is 5.82 Å². The van der Waals surface area contributed by atoms with Crippen LogP contribution in [0.2, 0.25) is 0 Å². The lowest BCUT2D eigenvalue weighted by atomic mass is 10.00. The predicted molar refractivity (Wildman–Crippen MR) is 200 cm³/mol. The van der Waals surface area contributed by atoms with E-state index in [2.05, 4.69) is 94.0 Å². The van der Waals surface area contributed by atoms with Gasteiger partial charge in [0.1, 0.15) is 18.7 Å². The zero-order valence-corrected chi connectivity index (χ0v) is 29.8. The Morgan fingerprint density at radius 2 is 1.73 bits per heavy atom. The molecular formula is C40H52N6O3. The molecule has 1 aliphatic heterocycles. The van der Waals surface area contributed by atoms with E-state index >= 15 is 0 Å². The van der Waals surface area contributed by atoms with E-state index in [9.17, 15) is 4.79 Å². The Hall–Kier alpha value is -4.63. The fourth-order valence-electron chi connectivity index (χ4n) is 6.04. The summed E-state index contributed by atoms with van der Waals surface area (Å²) >= 11 is 0. The summed E-state index contributed by atoms with van der Waals surface area (Å²) in [5.41, 5.74) is 6.99. The van der Waals surface area contributed by atoms with E-state index in [1.165, 1.54) is 0 Å². The number of rotatable bonds is 17. The topological polar surface area (TPSA) is 84.8 Å². The van der Waals surface area contributed by atoms with Crippen molar-refractivity contribution in [3.8, 4) is 16.9 Å². The van der Waals surface area contributed by atoms with Gasteiger partial charge in [-0.25, -0.2) is 0 Å². The number of nitrogens with zero attached hydrogens (tertiary/aromatic N) is 5. The molecule has 1 N–H and O–H groups in total. The van der Waals surface area contributed by atoms with E-state index in [0.717, 1.165) is 96.4 Å². The number of aromatic nitrogens is 3. The standard InChI is InChI=1S/C40H52N6O3/c1-6-8-22-48-23-24-49-37-16-9-31(10-17-37)32-11-18-38-34(25-32)26-33(19-21-45(38)27-30(3)4)40(47)42-35-12-14-36(15-13-35)44(5)28-39-43-41-29-46(39)20-7-2/h9-18,25-26,29-30H,6-8,19-24,27-28H2,1-5H3,(H,42,47). The highest BCUT2D eigenvalue weighted by molar-refractivity contribution is 6.07. The first kappa shape index (κ1) is 35.7. The first-order chi connectivity index (χ1) is 23.8. The molecule has 9 heteroatoms. The zero-order valence-electron chi connectivity index (χ0n) is 29.8. The number of hydrogen-bond acceptors (Lipinski definition) is 7. The molecule has 5 rings (SSSR count). The van der Waals surface area contributed by atoms with E-state index in [1.807, 2.05) is 43.4 Å². The molecule has 4 aromatic rings. The number of hydrogen-bond donors (Lipinski definition) is 1. The molecule has 1 aromatic heterocycles. The number of aryl methyl sites for hydroxylation is 1. The van der Waals surface area contributed by atoms with Crippen molar-refractivity contribution in [2.24, 2.45) is 5.92 Å². The van der Waals surface area contributed by atoms with Crippen molar-refractivity contribution < 1.29 is 14.3 Å². The molecule has 1 amide bonds. The summed E-state index contributed by atoms with van der Waals surface area (Å²) in [6.07, 6.45) is 7.75. The largest absolute Gasteiger partial charge is 0.491 e. The SMILES string of the molecule is CCCCOCCOc1ccc(-c2ccc3c(c2)C=C(C(=O)Nc2ccc(N(C)Cc4nncn4CCC)cc2)CCN3CC(C)C)cc1. The number of ether oxygens (including phenoxy) is 2. The van der Waals surface area contributed by atoms with Crippen molar-refractivity contribution in [2.45, 2.75) is 66.5 Å². The molecule has 0 saturated carbocycles. The summed E-state index contributed by atoms with van der Waals surface area (Å²) in [6.45, 7) is 13.9. The third-order valence-electron chi connectivity index (χ3n) is 8.66. The molecule has 2 heterocycles. The van der Waals surface area contributed by atoms with Gasteiger partial charge in [-0.2, -0.15) is 0 Å². The zero-order chi connectivity index (χ0) is 34.6. The molecule has 49 heavy (non-hydrogen) atoms. The summed E-state index contributed by atoms with van der Waals surface area (Å²) < 4.78 is 13.6. The number of unbranched alkanes of at least 4 members (excludes halogenated alkanes) is 1. The molecule has 0 saturated heterocycles. The van der Waals surface area contributed by atoms with Gasteiger partial charge in [0.05, 0.1) is 13.2 Å². The maximum Gasteiger partial charge on any atom is 0.251 e. The van der Waals surface area contributed by atoms with Crippen LogP contribution >= 0.6 is 0 Å². The fourth-order valence-corrected chi connectivity index (χ4v) is 6.04. The lowest BCUT2D eigenvalue weighted by Crippen LogP contribution is -2.29. The van der Waals surface area contributed by atoms with Crippen LogP contribution in [0.5, 0.6) is 5.75 Å². The minimum atomic E-state index is -0.0725. The van der Waals surface area contributed by atoms with E-state index in [0.29, 0.717) is 32.1 Å². The highest BCUT2D eigenvalue weighted by Gasteiger charge is 2.21. The summed E-state index contributed by atoms with van der Waals surface area (Å²) in [5, 5.41) is 11.5. The second kappa shape index (κ2) is 17.7. The Bertz CT molecular complexity index is 1660. The van der Waals surface area contributed by atoms with Crippen LogP contribution in [0.15, 0.2) is 78.6 Å². The summed E-state index contributed by atoms with van der Waals surface area (Å²) in [7, 11) is 2.04. The third-order valence-corrected chi connectivity index (χ3v) is 8.66. The van der Waals surface area contributed by atoms with Crippen LogP contribution < -0.4 is 19.9 Å². The quantitative estimate of drug-likeness (QED) is 0.114. The molecule has 260 valence electrons. The summed E-state index contributed by atoms with van der Waals surface area (Å²) in [4.78, 5) is 18.2. The van der Waals surface area contributed by atoms with Crippen LogP contribution in [0.3, 0.4) is 0 Å². The van der Waals surface area contributed by atoms with Gasteiger partial charge in [-0.05, 0) is 96.5 Å². The number of benzene rings is 3. The molecule has 0 unspecified atom stereocenters. The summed E-state index contributed by atoms with van der Waals surface area (Å²) in [5.74, 6) is 2.18. The molecule has 9 nitrogen and oxygen atoms in total. The number of carbonyl (C=O) groups excluding carboxylic acids is 1. The second-order valence-electron chi connectivity index (χ2n) is 13.2. The van der Waals surface area contributed by atoms with Gasteiger partial charge in [-0.3, -0.25) is 4.79 Å². The normalized spacial score (nSPS) is 12.8. The first-order valence-electron chi connectivity index (χ1n) is 17.7. The molecule has 0 fully saturated rings. The van der Waals surface area contributed by atoms with E-state index in [1.54, 1.807) is 6.33 Å². The van der Waals surface area contributed by atoms with Crippen LogP contribution in [-0.2, 0) is 22.6 Å². The number of anilines is 3. The Morgan fingerprint density at radius 1 is 0.959 bits per heavy atom. The molecule has 0 atom stereocenters. The molecule has 0 spiro atoms. The molecule has 0 bridgehead atoms. The Balaban J connectivity index is 1.27. The monoisotopic (exact) mass is 664 g/mol. The van der Waals surface area contributed by atoms with Crippen LogP contribution in [-0.4, -0.2) is 60.6 Å². The number of nitrogens with one attached hydrogen (secondary N) is 1. The Kier molecular flexibility index (Phi) is 12.9. The molecule has 0 aliphatic carbocycles. The molecular weight excluding hydrogens is 612 g/mol. The van der Waals surface area contributed by atoms with Crippen molar-refractivity contribution in [1.82, 2.24) is 14.8 Å². The highest BCUT2D eigenvalue weighted by atomic mass is 16.5. The third kappa shape index (κ3) is 9.95. The van der Waals surface area contributed by atoms with Crippen LogP contribution in [0.25, 0.3) is 17.2 Å². The van der Waals surface area contributed by atoms with Crippen molar-refractivity contribution in [3.63, 3.8) is 0 Å². The van der Waals surface area contributed by atoms with Crippen LogP contribution in [0.4, 0.5) is 17.1 Å². The highest BCUT2D eigenvalue weighted by Crippen LogP contribution is 2.34. The van der Waals surface area contributed by atoms with Crippen molar-refractivity contribution in [2.75, 3.05) is 55.1 Å². The van der Waals surface area contributed by atoms with Gasteiger partial charge in [-0.15, -0.1) is 10.2 Å². The van der Waals surface area contributed by atoms with Gasteiger partial charge >= 0.3 is 0 Å². The number of fused-ring (bicyclic) bond motifs is 1. The van der Waals surface area contributed by atoms with Gasteiger partial charge < -0.3 is 29.2 Å². The van der Waals surface area contributed by atoms with Gasteiger partial charge in [0.25, 0.3) is 5.91 Å². The lowest BCUT2D eigenvalue weighted by molar-refractivity contribution is -0.112. The van der Waals surface area contributed by atoms with E-state index in [-0.39, 0.29) is 5.91 Å². The van der Waals surface area contributed by atoms with Gasteiger partial charge in [-0.1, -0.05) is 52.3 Å². The van der Waals surface area contributed by atoms with Crippen LogP contribution in [0, 0.1) is 5.92 Å². The predicted octanol–water partition coefficient (Wildman–Crippen LogP) is 8.08. The van der Waals surface area contributed by atoms with Gasteiger partial charge in [0.2, 0.25) is 0 Å². The fraction of sp³-hybridized carbons (Fsp3) is 0.425. The molecule has 0 radical (unpaired) electrons. The maximum atomic E-state index is 13.7. The van der Waals surface area contributed by atoms with Crippen molar-refractivity contribution >= 4 is 29.0 Å². The van der Waals surface area contributed by atoms with Gasteiger partial charge in [0, 0.05) is 55.9 Å². The Morgan fingerprint density at radius 3 is 2.47 bits per heavy atom. The maximum absolute atomic E-state index is 13.7. The average Bonchev–Trinajstić information content (AvgIpc) is 3.45. The minimum Gasteiger partial charge on any atom is -0.491 e. The smallest absolute Gasteiger partial charge is 0.251 e. The minimum absolute atomic E-state index is 0.0725. The van der Waals surface area contributed by atoms with Crippen LogP contribution in [0.1, 0.15) is 64.8 Å². The first-order valence-corrected chi connectivity index (χ1v) is 17.7. The second-order valence-corrected chi connectivity index (χ2v) is 13.2. The summed E-state index contributed by atoms with van der Waals surface area (Å²) in [6, 6.07) is 22.7. The van der Waals surface area contributed by atoms with Crippen molar-refractivity contribution in [3.05, 3.63) is 90.0 Å². The number of carbonyl (C=O) groups is 1.